The highest BCUT2D eigenvalue weighted by molar-refractivity contribution is 9.10. The SMILES string of the molecule is CC(=O)N1CCC(CCc2cc(Br)ccn2)CC1. The summed E-state index contributed by atoms with van der Waals surface area (Å²) in [6.45, 7) is 3.50. The van der Waals surface area contributed by atoms with Crippen molar-refractivity contribution in [3.05, 3.63) is 28.5 Å². The molecule has 0 N–H and O–H groups in total. The number of aryl methyl sites for hydroxylation is 1. The molecule has 0 unspecified atom stereocenters. The van der Waals surface area contributed by atoms with Crippen LogP contribution in [-0.4, -0.2) is 28.9 Å². The van der Waals surface area contributed by atoms with Gasteiger partial charge in [-0.25, -0.2) is 0 Å². The van der Waals surface area contributed by atoms with Crippen LogP contribution in [0, 0.1) is 5.92 Å². The number of rotatable bonds is 3. The third-order valence-electron chi connectivity index (χ3n) is 3.65. The maximum Gasteiger partial charge on any atom is 0.219 e. The summed E-state index contributed by atoms with van der Waals surface area (Å²) in [4.78, 5) is 17.6. The van der Waals surface area contributed by atoms with Gasteiger partial charge in [0.2, 0.25) is 5.91 Å². The third-order valence-corrected chi connectivity index (χ3v) is 4.14. The Morgan fingerprint density at radius 3 is 2.83 bits per heavy atom. The maximum atomic E-state index is 11.2. The van der Waals surface area contributed by atoms with Crippen molar-refractivity contribution in [2.75, 3.05) is 13.1 Å². The monoisotopic (exact) mass is 310 g/mol. The van der Waals surface area contributed by atoms with E-state index < -0.39 is 0 Å². The van der Waals surface area contributed by atoms with Gasteiger partial charge in [-0.1, -0.05) is 15.9 Å². The molecule has 0 radical (unpaired) electrons. The van der Waals surface area contributed by atoms with Crippen LogP contribution in [0.4, 0.5) is 0 Å². The van der Waals surface area contributed by atoms with Crippen LogP contribution in [0.1, 0.15) is 31.9 Å². The second kappa shape index (κ2) is 6.32. The van der Waals surface area contributed by atoms with Crippen LogP contribution in [-0.2, 0) is 11.2 Å². The number of aromatic nitrogens is 1. The summed E-state index contributed by atoms with van der Waals surface area (Å²) in [7, 11) is 0. The molecule has 18 heavy (non-hydrogen) atoms. The molecule has 1 saturated heterocycles. The molecule has 1 aliphatic rings. The Kier molecular flexibility index (Phi) is 4.75. The molecule has 0 aliphatic carbocycles. The van der Waals surface area contributed by atoms with E-state index in [4.69, 9.17) is 0 Å². The fourth-order valence-corrected chi connectivity index (χ4v) is 2.86. The van der Waals surface area contributed by atoms with Gasteiger partial charge in [0.15, 0.2) is 0 Å². The summed E-state index contributed by atoms with van der Waals surface area (Å²) in [5, 5.41) is 0. The Morgan fingerprint density at radius 2 is 2.22 bits per heavy atom. The molecule has 1 aliphatic heterocycles. The molecule has 1 aromatic rings. The largest absolute Gasteiger partial charge is 0.343 e. The van der Waals surface area contributed by atoms with Crippen LogP contribution in [0.15, 0.2) is 22.8 Å². The maximum absolute atomic E-state index is 11.2. The number of carbonyl (C=O) groups is 1. The molecule has 0 bridgehead atoms. The van der Waals surface area contributed by atoms with E-state index in [1.165, 1.54) is 6.42 Å². The zero-order chi connectivity index (χ0) is 13.0. The Morgan fingerprint density at radius 1 is 1.50 bits per heavy atom. The number of hydrogen-bond donors (Lipinski definition) is 0. The van der Waals surface area contributed by atoms with E-state index in [2.05, 4.69) is 27.0 Å². The average Bonchev–Trinajstić information content (AvgIpc) is 2.37. The third kappa shape index (κ3) is 3.80. The van der Waals surface area contributed by atoms with Crippen LogP contribution < -0.4 is 0 Å². The summed E-state index contributed by atoms with van der Waals surface area (Å²) in [5.74, 6) is 0.948. The molecule has 2 heterocycles. The van der Waals surface area contributed by atoms with Crippen LogP contribution in [0.25, 0.3) is 0 Å². The lowest BCUT2D eigenvalue weighted by Crippen LogP contribution is -2.37. The van der Waals surface area contributed by atoms with Crippen molar-refractivity contribution in [1.29, 1.82) is 0 Å². The molecular formula is C14H19BrN2O. The second-order valence-corrected chi connectivity index (χ2v) is 5.87. The van der Waals surface area contributed by atoms with Crippen molar-refractivity contribution in [2.45, 2.75) is 32.6 Å². The molecule has 98 valence electrons. The standard InChI is InChI=1S/C14H19BrN2O/c1-11(18)17-8-5-12(6-9-17)2-3-14-10-13(15)4-7-16-14/h4,7,10,12H,2-3,5-6,8-9H2,1H3. The minimum atomic E-state index is 0.210. The highest BCUT2D eigenvalue weighted by Crippen LogP contribution is 2.22. The van der Waals surface area contributed by atoms with Crippen LogP contribution >= 0.6 is 15.9 Å². The predicted molar refractivity (Wildman–Crippen MR) is 75.2 cm³/mol. The predicted octanol–water partition coefficient (Wildman–Crippen LogP) is 3.04. The molecule has 0 atom stereocenters. The van der Waals surface area contributed by atoms with Gasteiger partial charge in [-0.05, 0) is 43.7 Å². The van der Waals surface area contributed by atoms with Gasteiger partial charge in [0.25, 0.3) is 0 Å². The molecule has 0 saturated carbocycles. The van der Waals surface area contributed by atoms with Crippen molar-refractivity contribution in [2.24, 2.45) is 5.92 Å². The first-order chi connectivity index (χ1) is 8.65. The van der Waals surface area contributed by atoms with Gasteiger partial charge < -0.3 is 4.90 Å². The van der Waals surface area contributed by atoms with E-state index in [-0.39, 0.29) is 5.91 Å². The summed E-state index contributed by atoms with van der Waals surface area (Å²) >= 11 is 3.47. The highest BCUT2D eigenvalue weighted by Gasteiger charge is 2.20. The van der Waals surface area contributed by atoms with Gasteiger partial charge >= 0.3 is 0 Å². The van der Waals surface area contributed by atoms with Gasteiger partial charge in [-0.2, -0.15) is 0 Å². The van der Waals surface area contributed by atoms with Gasteiger partial charge in [0.1, 0.15) is 0 Å². The van der Waals surface area contributed by atoms with E-state index >= 15 is 0 Å². The molecule has 1 aromatic heterocycles. The van der Waals surface area contributed by atoms with E-state index in [0.29, 0.717) is 0 Å². The lowest BCUT2D eigenvalue weighted by molar-refractivity contribution is -0.130. The van der Waals surface area contributed by atoms with E-state index in [1.54, 1.807) is 6.92 Å². The summed E-state index contributed by atoms with van der Waals surface area (Å²) in [5.41, 5.74) is 1.15. The molecule has 1 amide bonds. The fourth-order valence-electron chi connectivity index (χ4n) is 2.47. The lowest BCUT2D eigenvalue weighted by atomic mass is 9.91. The lowest BCUT2D eigenvalue weighted by Gasteiger charge is -2.31. The minimum absolute atomic E-state index is 0.210. The quantitative estimate of drug-likeness (QED) is 0.859. The number of nitrogens with zero attached hydrogens (tertiary/aromatic N) is 2. The van der Waals surface area contributed by atoms with Gasteiger partial charge in [0, 0.05) is 36.4 Å². The van der Waals surface area contributed by atoms with Crippen molar-refractivity contribution in [3.63, 3.8) is 0 Å². The number of halogens is 1. The first-order valence-electron chi connectivity index (χ1n) is 6.51. The zero-order valence-electron chi connectivity index (χ0n) is 10.7. The van der Waals surface area contributed by atoms with Crippen molar-refractivity contribution in [1.82, 2.24) is 9.88 Å². The number of pyridine rings is 1. The zero-order valence-corrected chi connectivity index (χ0v) is 12.3. The Hall–Kier alpha value is -0.900. The van der Waals surface area contributed by atoms with Gasteiger partial charge in [-0.3, -0.25) is 9.78 Å². The molecule has 0 spiro atoms. The summed E-state index contributed by atoms with van der Waals surface area (Å²) in [6, 6.07) is 4.04. The summed E-state index contributed by atoms with van der Waals surface area (Å²) < 4.78 is 1.10. The van der Waals surface area contributed by atoms with Gasteiger partial charge in [0.05, 0.1) is 0 Å². The Balaban J connectivity index is 1.77. The Bertz CT molecular complexity index is 414. The molecule has 2 rings (SSSR count). The van der Waals surface area contributed by atoms with Crippen LogP contribution in [0.5, 0.6) is 0 Å². The normalized spacial score (nSPS) is 16.9. The molecule has 0 aromatic carbocycles. The number of likely N-dealkylation sites (tertiary alicyclic amines) is 1. The first-order valence-corrected chi connectivity index (χ1v) is 7.30. The number of hydrogen-bond acceptors (Lipinski definition) is 2. The number of carbonyl (C=O) groups excluding carboxylic acids is 1. The average molecular weight is 311 g/mol. The van der Waals surface area contributed by atoms with E-state index in [0.717, 1.165) is 48.4 Å². The van der Waals surface area contributed by atoms with Crippen molar-refractivity contribution >= 4 is 21.8 Å². The van der Waals surface area contributed by atoms with E-state index in [9.17, 15) is 4.79 Å². The van der Waals surface area contributed by atoms with Crippen molar-refractivity contribution in [3.8, 4) is 0 Å². The molecule has 1 fully saturated rings. The van der Waals surface area contributed by atoms with E-state index in [1.807, 2.05) is 17.2 Å². The minimum Gasteiger partial charge on any atom is -0.343 e. The van der Waals surface area contributed by atoms with Gasteiger partial charge in [-0.15, -0.1) is 0 Å². The Labute approximate surface area is 117 Å². The summed E-state index contributed by atoms with van der Waals surface area (Å²) in [6.07, 6.45) is 6.32. The molecule has 3 nitrogen and oxygen atoms in total. The topological polar surface area (TPSA) is 33.2 Å². The first kappa shape index (κ1) is 13.5. The number of amides is 1. The number of piperidine rings is 1. The smallest absolute Gasteiger partial charge is 0.219 e. The molecule has 4 heteroatoms. The second-order valence-electron chi connectivity index (χ2n) is 4.95. The fraction of sp³-hybridized carbons (Fsp3) is 0.571. The molecular weight excluding hydrogens is 292 g/mol. The van der Waals surface area contributed by atoms with Crippen LogP contribution in [0.3, 0.4) is 0 Å². The van der Waals surface area contributed by atoms with Crippen LogP contribution in [0.2, 0.25) is 0 Å². The highest BCUT2D eigenvalue weighted by atomic mass is 79.9. The van der Waals surface area contributed by atoms with Crippen molar-refractivity contribution < 1.29 is 4.79 Å².